The Balaban J connectivity index is 1.80. The maximum absolute atomic E-state index is 12.0. The predicted molar refractivity (Wildman–Crippen MR) is 108 cm³/mol. The summed E-state index contributed by atoms with van der Waals surface area (Å²) in [6.07, 6.45) is 0.923. The summed E-state index contributed by atoms with van der Waals surface area (Å²) in [5.41, 5.74) is 5.01. The summed E-state index contributed by atoms with van der Waals surface area (Å²) in [5, 5.41) is 1.01. The topological polar surface area (TPSA) is 36.7 Å². The smallest absolute Gasteiger partial charge is 0.336 e. The molecule has 0 saturated heterocycles. The molecule has 26 heavy (non-hydrogen) atoms. The zero-order valence-electron chi connectivity index (χ0n) is 16.0. The Kier molecular flexibility index (Phi) is 5.43. The molecule has 4 nitrogen and oxygen atoms in total. The van der Waals surface area contributed by atoms with Gasteiger partial charge in [-0.15, -0.1) is 0 Å². The summed E-state index contributed by atoms with van der Waals surface area (Å²) >= 11 is 0. The molecule has 0 radical (unpaired) electrons. The minimum atomic E-state index is -0.288. The van der Waals surface area contributed by atoms with E-state index in [1.54, 1.807) is 6.07 Å². The van der Waals surface area contributed by atoms with Crippen LogP contribution in [0.15, 0.2) is 57.7 Å². The molecule has 3 aromatic rings. The molecule has 0 atom stereocenters. The summed E-state index contributed by atoms with van der Waals surface area (Å²) in [6, 6.07) is 16.3. The highest BCUT2D eigenvalue weighted by atomic mass is 16.4. The largest absolute Gasteiger partial charge is 0.423 e. The molecule has 0 aliphatic rings. The SMILES string of the molecule is CCc1ccc2c(CN(C)Cc3ccc(N(C)C)cc3)cc(=O)oc2c1. The van der Waals surface area contributed by atoms with Crippen LogP contribution in [0, 0.1) is 0 Å². The lowest BCUT2D eigenvalue weighted by atomic mass is 10.1. The average molecular weight is 350 g/mol. The fourth-order valence-corrected chi connectivity index (χ4v) is 3.18. The van der Waals surface area contributed by atoms with Crippen LogP contribution in [0.2, 0.25) is 0 Å². The Morgan fingerprint density at radius 2 is 1.58 bits per heavy atom. The number of benzene rings is 2. The molecule has 1 heterocycles. The van der Waals surface area contributed by atoms with Crippen LogP contribution >= 0.6 is 0 Å². The highest BCUT2D eigenvalue weighted by Crippen LogP contribution is 2.21. The molecule has 136 valence electrons. The van der Waals surface area contributed by atoms with Gasteiger partial charge < -0.3 is 9.32 Å². The van der Waals surface area contributed by atoms with Gasteiger partial charge in [-0.2, -0.15) is 0 Å². The number of nitrogens with zero attached hydrogens (tertiary/aromatic N) is 2. The van der Waals surface area contributed by atoms with E-state index in [9.17, 15) is 4.79 Å². The highest BCUT2D eigenvalue weighted by Gasteiger charge is 2.09. The molecule has 2 aromatic carbocycles. The fraction of sp³-hybridized carbons (Fsp3) is 0.318. The molecule has 0 unspecified atom stereocenters. The quantitative estimate of drug-likeness (QED) is 0.629. The van der Waals surface area contributed by atoms with Crippen LogP contribution in [-0.4, -0.2) is 26.0 Å². The van der Waals surface area contributed by atoms with Crippen LogP contribution in [0.25, 0.3) is 11.0 Å². The Labute approximate surface area is 154 Å². The van der Waals surface area contributed by atoms with E-state index in [4.69, 9.17) is 4.42 Å². The lowest BCUT2D eigenvalue weighted by Gasteiger charge is -2.19. The van der Waals surface area contributed by atoms with Crippen LogP contribution in [0.1, 0.15) is 23.6 Å². The average Bonchev–Trinajstić information content (AvgIpc) is 2.61. The summed E-state index contributed by atoms with van der Waals surface area (Å²) in [6.45, 7) is 3.62. The molecule has 0 amide bonds. The van der Waals surface area contributed by atoms with E-state index in [-0.39, 0.29) is 5.63 Å². The van der Waals surface area contributed by atoms with Crippen molar-refractivity contribution in [1.29, 1.82) is 0 Å². The van der Waals surface area contributed by atoms with Crippen LogP contribution in [-0.2, 0) is 19.5 Å². The third-order valence-corrected chi connectivity index (χ3v) is 4.65. The Morgan fingerprint density at radius 1 is 0.885 bits per heavy atom. The van der Waals surface area contributed by atoms with Crippen LogP contribution in [0.5, 0.6) is 0 Å². The maximum atomic E-state index is 12.0. The van der Waals surface area contributed by atoms with Crippen LogP contribution in [0.3, 0.4) is 0 Å². The van der Waals surface area contributed by atoms with Crippen molar-refractivity contribution in [3.05, 3.63) is 75.6 Å². The molecule has 0 bridgehead atoms. The first-order chi connectivity index (χ1) is 12.5. The number of aryl methyl sites for hydroxylation is 1. The summed E-state index contributed by atoms with van der Waals surface area (Å²) in [5.74, 6) is 0. The summed E-state index contributed by atoms with van der Waals surface area (Å²) in [4.78, 5) is 16.3. The Bertz CT molecular complexity index is 943. The van der Waals surface area contributed by atoms with E-state index >= 15 is 0 Å². The van der Waals surface area contributed by atoms with Crippen molar-refractivity contribution in [2.24, 2.45) is 0 Å². The molecule has 0 N–H and O–H groups in total. The number of rotatable bonds is 6. The first-order valence-electron chi connectivity index (χ1n) is 8.96. The van der Waals surface area contributed by atoms with Gasteiger partial charge in [0.1, 0.15) is 5.58 Å². The maximum Gasteiger partial charge on any atom is 0.336 e. The van der Waals surface area contributed by atoms with E-state index in [0.29, 0.717) is 12.1 Å². The van der Waals surface area contributed by atoms with E-state index in [2.05, 4.69) is 60.2 Å². The Morgan fingerprint density at radius 3 is 2.23 bits per heavy atom. The standard InChI is InChI=1S/C22H26N2O2/c1-5-16-8-11-20-18(13-22(25)26-21(20)12-16)15-24(4)14-17-6-9-19(10-7-17)23(2)3/h6-13H,5,14-15H2,1-4H3. The molecule has 1 aromatic heterocycles. The molecular formula is C22H26N2O2. The zero-order chi connectivity index (χ0) is 18.7. The van der Waals surface area contributed by atoms with Crippen LogP contribution < -0.4 is 10.5 Å². The van der Waals surface area contributed by atoms with Crippen molar-refractivity contribution in [2.75, 3.05) is 26.0 Å². The van der Waals surface area contributed by atoms with Gasteiger partial charge in [0.15, 0.2) is 0 Å². The molecular weight excluding hydrogens is 324 g/mol. The number of fused-ring (bicyclic) bond motifs is 1. The summed E-state index contributed by atoms with van der Waals surface area (Å²) < 4.78 is 5.40. The third-order valence-electron chi connectivity index (χ3n) is 4.65. The van der Waals surface area contributed by atoms with Crippen molar-refractivity contribution in [1.82, 2.24) is 4.90 Å². The second kappa shape index (κ2) is 7.75. The first kappa shape index (κ1) is 18.2. The molecule has 0 saturated carbocycles. The Hall–Kier alpha value is -2.59. The van der Waals surface area contributed by atoms with Gasteiger partial charge >= 0.3 is 5.63 Å². The molecule has 0 aliphatic heterocycles. The minimum absolute atomic E-state index is 0.288. The highest BCUT2D eigenvalue weighted by molar-refractivity contribution is 5.80. The number of hydrogen-bond acceptors (Lipinski definition) is 4. The van der Waals surface area contributed by atoms with Crippen LogP contribution in [0.4, 0.5) is 5.69 Å². The van der Waals surface area contributed by atoms with Crippen molar-refractivity contribution in [3.63, 3.8) is 0 Å². The number of anilines is 1. The van der Waals surface area contributed by atoms with Crippen molar-refractivity contribution in [3.8, 4) is 0 Å². The first-order valence-corrected chi connectivity index (χ1v) is 8.96. The molecule has 0 fully saturated rings. The van der Waals surface area contributed by atoms with E-state index in [0.717, 1.165) is 23.9 Å². The second-order valence-electron chi connectivity index (χ2n) is 7.01. The molecule has 0 aliphatic carbocycles. The van der Waals surface area contributed by atoms with E-state index in [1.165, 1.54) is 16.8 Å². The second-order valence-corrected chi connectivity index (χ2v) is 7.01. The van der Waals surface area contributed by atoms with Gasteiger partial charge in [-0.05, 0) is 48.4 Å². The predicted octanol–water partition coefficient (Wildman–Crippen LogP) is 4.05. The third kappa shape index (κ3) is 4.14. The fourth-order valence-electron chi connectivity index (χ4n) is 3.18. The summed E-state index contributed by atoms with van der Waals surface area (Å²) in [7, 11) is 6.15. The van der Waals surface area contributed by atoms with Gasteiger partial charge in [-0.3, -0.25) is 4.90 Å². The zero-order valence-corrected chi connectivity index (χ0v) is 16.0. The number of hydrogen-bond donors (Lipinski definition) is 0. The lowest BCUT2D eigenvalue weighted by molar-refractivity contribution is 0.319. The van der Waals surface area contributed by atoms with E-state index in [1.807, 2.05) is 20.2 Å². The van der Waals surface area contributed by atoms with Crippen molar-refractivity contribution < 1.29 is 4.42 Å². The molecule has 4 heteroatoms. The molecule has 3 rings (SSSR count). The van der Waals surface area contributed by atoms with E-state index < -0.39 is 0 Å². The van der Waals surface area contributed by atoms with Gasteiger partial charge in [0.05, 0.1) is 0 Å². The van der Waals surface area contributed by atoms with Crippen molar-refractivity contribution >= 4 is 16.7 Å². The minimum Gasteiger partial charge on any atom is -0.423 e. The van der Waals surface area contributed by atoms with Crippen molar-refractivity contribution in [2.45, 2.75) is 26.4 Å². The normalized spacial score (nSPS) is 11.3. The van der Waals surface area contributed by atoms with Gasteiger partial charge in [0, 0.05) is 44.3 Å². The van der Waals surface area contributed by atoms with Gasteiger partial charge in [-0.25, -0.2) is 4.79 Å². The van der Waals surface area contributed by atoms with Gasteiger partial charge in [0.25, 0.3) is 0 Å². The molecule has 0 spiro atoms. The lowest BCUT2D eigenvalue weighted by Crippen LogP contribution is -2.18. The van der Waals surface area contributed by atoms with Gasteiger partial charge in [-0.1, -0.05) is 31.2 Å². The van der Waals surface area contributed by atoms with Gasteiger partial charge in [0.2, 0.25) is 0 Å². The monoisotopic (exact) mass is 350 g/mol.